The van der Waals surface area contributed by atoms with Crippen molar-refractivity contribution < 1.29 is 4.79 Å². The quantitative estimate of drug-likeness (QED) is 0.721. The summed E-state index contributed by atoms with van der Waals surface area (Å²) in [6, 6.07) is 7.82. The molecule has 0 heterocycles. The molecule has 1 aliphatic rings. The lowest BCUT2D eigenvalue weighted by molar-refractivity contribution is 0.555. The molecule has 0 bridgehead atoms. The van der Waals surface area contributed by atoms with E-state index in [0.717, 1.165) is 5.56 Å². The minimum Gasteiger partial charge on any atom is -0.291 e. The van der Waals surface area contributed by atoms with E-state index in [1.807, 2.05) is 18.4 Å². The topological polar surface area (TPSA) is 40.9 Å². The lowest BCUT2D eigenvalue weighted by Gasteiger charge is -2.02. The molecule has 2 nitrogen and oxygen atoms in total. The molecule has 0 atom stereocenters. The van der Waals surface area contributed by atoms with Crippen LogP contribution in [0, 0.1) is 11.3 Å². The summed E-state index contributed by atoms with van der Waals surface area (Å²) >= 11 is 0. The van der Waals surface area contributed by atoms with E-state index < -0.39 is 0 Å². The summed E-state index contributed by atoms with van der Waals surface area (Å²) in [6.07, 6.45) is 4.56. The maximum atomic E-state index is 10.3. The van der Waals surface area contributed by atoms with Gasteiger partial charge in [0.2, 0.25) is 6.29 Å². The van der Waals surface area contributed by atoms with Gasteiger partial charge in [-0.3, -0.25) is 4.79 Å². The molecule has 2 heteroatoms. The van der Waals surface area contributed by atoms with Crippen molar-refractivity contribution in [1.82, 2.24) is 0 Å². The number of nitriles is 1. The fourth-order valence-electron chi connectivity index (χ4n) is 1.62. The maximum Gasteiger partial charge on any atom is 0.203 e. The Kier molecular flexibility index (Phi) is 2.32. The first kappa shape index (κ1) is 8.96. The van der Waals surface area contributed by atoms with Crippen molar-refractivity contribution in [3.05, 3.63) is 34.9 Å². The number of rotatable bonds is 3. The highest BCUT2D eigenvalue weighted by Crippen LogP contribution is 2.40. The van der Waals surface area contributed by atoms with E-state index in [4.69, 9.17) is 5.26 Å². The van der Waals surface area contributed by atoms with E-state index in [9.17, 15) is 4.79 Å². The van der Waals surface area contributed by atoms with Crippen LogP contribution in [0.15, 0.2) is 18.2 Å². The zero-order chi connectivity index (χ0) is 9.97. The van der Waals surface area contributed by atoms with Crippen LogP contribution >= 0.6 is 0 Å². The van der Waals surface area contributed by atoms with Gasteiger partial charge >= 0.3 is 0 Å². The molecule has 0 aliphatic heterocycles. The first-order valence-corrected chi connectivity index (χ1v) is 4.72. The van der Waals surface area contributed by atoms with Crippen LogP contribution in [-0.4, -0.2) is 6.29 Å². The monoisotopic (exact) mass is 184 g/mol. The molecule has 0 N–H and O–H groups in total. The molecular weight excluding hydrogens is 174 g/mol. The third kappa shape index (κ3) is 1.82. The van der Waals surface area contributed by atoms with Crippen molar-refractivity contribution >= 4 is 6.29 Å². The van der Waals surface area contributed by atoms with Crippen molar-refractivity contribution in [3.8, 4) is 6.07 Å². The van der Waals surface area contributed by atoms with Crippen LogP contribution in [0.25, 0.3) is 0 Å². The smallest absolute Gasteiger partial charge is 0.203 e. The highest BCUT2D eigenvalue weighted by molar-refractivity contribution is 5.57. The van der Waals surface area contributed by atoms with E-state index in [1.54, 1.807) is 6.07 Å². The Bertz CT molecular complexity index is 399. The predicted molar refractivity (Wildman–Crippen MR) is 52.5 cm³/mol. The molecular formula is C12H10NO. The maximum absolute atomic E-state index is 10.3. The fraction of sp³-hybridized carbons (Fsp3) is 0.333. The van der Waals surface area contributed by atoms with Gasteiger partial charge in [-0.05, 0) is 42.0 Å². The Labute approximate surface area is 83.2 Å². The van der Waals surface area contributed by atoms with Gasteiger partial charge in [0, 0.05) is 6.42 Å². The molecule has 0 aromatic heterocycles. The van der Waals surface area contributed by atoms with Crippen molar-refractivity contribution in [1.29, 1.82) is 5.26 Å². The van der Waals surface area contributed by atoms with Gasteiger partial charge in [0.15, 0.2) is 0 Å². The third-order valence-electron chi connectivity index (χ3n) is 2.47. The second kappa shape index (κ2) is 3.63. The average molecular weight is 184 g/mol. The van der Waals surface area contributed by atoms with Gasteiger partial charge in [0.05, 0.1) is 11.6 Å². The van der Waals surface area contributed by atoms with Crippen molar-refractivity contribution in [2.75, 3.05) is 0 Å². The van der Waals surface area contributed by atoms with Gasteiger partial charge < -0.3 is 0 Å². The first-order valence-electron chi connectivity index (χ1n) is 4.72. The number of hydrogen-bond acceptors (Lipinski definition) is 2. The van der Waals surface area contributed by atoms with Crippen LogP contribution in [0.3, 0.4) is 0 Å². The van der Waals surface area contributed by atoms with Crippen LogP contribution in [0.5, 0.6) is 0 Å². The average Bonchev–Trinajstić information content (AvgIpc) is 3.01. The van der Waals surface area contributed by atoms with E-state index >= 15 is 0 Å². The summed E-state index contributed by atoms with van der Waals surface area (Å²) in [5.41, 5.74) is 2.76. The standard InChI is InChI=1S/C12H10NO/c13-8-10-5-9(3-4-14)6-12(7-10)11-1-2-11/h5-7,11H,1-3H2. The first-order chi connectivity index (χ1) is 6.83. The Morgan fingerprint density at radius 1 is 1.36 bits per heavy atom. The van der Waals surface area contributed by atoms with E-state index in [2.05, 4.69) is 6.07 Å². The zero-order valence-corrected chi connectivity index (χ0v) is 7.79. The zero-order valence-electron chi connectivity index (χ0n) is 7.79. The Balaban J connectivity index is 2.36. The summed E-state index contributed by atoms with van der Waals surface area (Å²) in [5.74, 6) is 0.619. The van der Waals surface area contributed by atoms with Gasteiger partial charge in [-0.2, -0.15) is 5.26 Å². The lowest BCUT2D eigenvalue weighted by atomic mass is 10.0. The van der Waals surface area contributed by atoms with Crippen molar-refractivity contribution in [2.45, 2.75) is 25.2 Å². The molecule has 1 fully saturated rings. The third-order valence-corrected chi connectivity index (χ3v) is 2.47. The van der Waals surface area contributed by atoms with E-state index in [0.29, 0.717) is 11.5 Å². The number of hydrogen-bond donors (Lipinski definition) is 0. The molecule has 0 saturated heterocycles. The highest BCUT2D eigenvalue weighted by Gasteiger charge is 2.24. The molecule has 1 aromatic carbocycles. The van der Waals surface area contributed by atoms with E-state index in [1.165, 1.54) is 18.4 Å². The van der Waals surface area contributed by atoms with Gasteiger partial charge in [-0.15, -0.1) is 0 Å². The Morgan fingerprint density at radius 2 is 2.14 bits per heavy atom. The van der Waals surface area contributed by atoms with E-state index in [-0.39, 0.29) is 6.42 Å². The van der Waals surface area contributed by atoms with Gasteiger partial charge in [-0.25, -0.2) is 0 Å². The molecule has 1 radical (unpaired) electrons. The number of benzene rings is 1. The van der Waals surface area contributed by atoms with Crippen LogP contribution in [0.4, 0.5) is 0 Å². The SMILES string of the molecule is N#Cc1cc(C[C]=O)cc(C2CC2)c1. The summed E-state index contributed by atoms with van der Waals surface area (Å²) in [4.78, 5) is 10.3. The molecule has 2 rings (SSSR count). The van der Waals surface area contributed by atoms with Crippen LogP contribution in [-0.2, 0) is 11.2 Å². The number of nitrogens with zero attached hydrogens (tertiary/aromatic N) is 1. The Morgan fingerprint density at radius 3 is 2.71 bits per heavy atom. The van der Waals surface area contributed by atoms with Crippen LogP contribution in [0.2, 0.25) is 0 Å². The second-order valence-electron chi connectivity index (χ2n) is 3.67. The minimum absolute atomic E-state index is 0.287. The lowest BCUT2D eigenvalue weighted by Crippen LogP contribution is -1.91. The molecule has 0 amide bonds. The van der Waals surface area contributed by atoms with Gasteiger partial charge in [-0.1, -0.05) is 6.07 Å². The summed E-state index contributed by atoms with van der Waals surface area (Å²) in [6.45, 7) is 0. The normalized spacial score (nSPS) is 14.8. The second-order valence-corrected chi connectivity index (χ2v) is 3.67. The summed E-state index contributed by atoms with van der Waals surface area (Å²) in [5, 5.41) is 8.81. The van der Waals surface area contributed by atoms with Gasteiger partial charge in [0.1, 0.15) is 0 Å². The molecule has 1 aromatic rings. The van der Waals surface area contributed by atoms with Crippen LogP contribution in [0.1, 0.15) is 35.4 Å². The highest BCUT2D eigenvalue weighted by atomic mass is 16.1. The Hall–Kier alpha value is -1.62. The fourth-order valence-corrected chi connectivity index (χ4v) is 1.62. The largest absolute Gasteiger partial charge is 0.291 e. The van der Waals surface area contributed by atoms with Crippen molar-refractivity contribution in [2.24, 2.45) is 0 Å². The molecule has 1 aliphatic carbocycles. The predicted octanol–water partition coefficient (Wildman–Crippen LogP) is 2.09. The molecule has 0 unspecified atom stereocenters. The molecule has 14 heavy (non-hydrogen) atoms. The minimum atomic E-state index is 0.287. The molecule has 0 spiro atoms. The summed E-state index contributed by atoms with van der Waals surface area (Å²) < 4.78 is 0. The van der Waals surface area contributed by atoms with Gasteiger partial charge in [0.25, 0.3) is 0 Å². The number of carbonyl (C=O) groups excluding carboxylic acids is 1. The van der Waals surface area contributed by atoms with Crippen LogP contribution < -0.4 is 0 Å². The molecule has 69 valence electrons. The molecule has 1 saturated carbocycles. The summed E-state index contributed by atoms with van der Waals surface area (Å²) in [7, 11) is 0. The van der Waals surface area contributed by atoms with Crippen molar-refractivity contribution in [3.63, 3.8) is 0 Å².